The van der Waals surface area contributed by atoms with Gasteiger partial charge in [0.25, 0.3) is 0 Å². The van der Waals surface area contributed by atoms with Gasteiger partial charge in [0.1, 0.15) is 6.10 Å². The van der Waals surface area contributed by atoms with Crippen molar-refractivity contribution in [2.45, 2.75) is 38.7 Å². The fourth-order valence-corrected chi connectivity index (χ4v) is 2.92. The molecule has 2 heterocycles. The zero-order chi connectivity index (χ0) is 14.7. The Hall–Kier alpha value is -1.91. The monoisotopic (exact) mass is 287 g/mol. The van der Waals surface area contributed by atoms with E-state index in [-0.39, 0.29) is 17.9 Å². The van der Waals surface area contributed by atoms with Gasteiger partial charge in [0, 0.05) is 24.9 Å². The maximum Gasteiger partial charge on any atom is 0.233 e. The van der Waals surface area contributed by atoms with Gasteiger partial charge in [-0.2, -0.15) is 5.10 Å². The first-order valence-electron chi connectivity index (χ1n) is 7.63. The van der Waals surface area contributed by atoms with Crippen LogP contribution in [0.1, 0.15) is 31.4 Å². The quantitative estimate of drug-likeness (QED) is 0.799. The van der Waals surface area contributed by atoms with Crippen molar-refractivity contribution in [3.63, 3.8) is 0 Å². The number of ether oxygens (including phenoxy) is 1. The molecule has 112 valence electrons. The molecule has 1 aromatic rings. The molecule has 2 atom stereocenters. The van der Waals surface area contributed by atoms with Crippen LogP contribution < -0.4 is 4.74 Å². The fraction of sp³-hybridized carbons (Fsp3) is 0.562. The van der Waals surface area contributed by atoms with Gasteiger partial charge < -0.3 is 9.64 Å². The molecule has 0 spiro atoms. The molecule has 5 heteroatoms. The largest absolute Gasteiger partial charge is 0.471 e. The van der Waals surface area contributed by atoms with Crippen LogP contribution >= 0.6 is 0 Å². The first-order valence-corrected chi connectivity index (χ1v) is 7.63. The minimum atomic E-state index is 0.0325. The summed E-state index contributed by atoms with van der Waals surface area (Å²) < 4.78 is 5.82. The number of aryl methyl sites for hydroxylation is 1. The van der Waals surface area contributed by atoms with Crippen LogP contribution in [-0.2, 0) is 4.79 Å². The molecule has 1 amide bonds. The van der Waals surface area contributed by atoms with E-state index < -0.39 is 0 Å². The Bertz CT molecular complexity index is 527. The lowest BCUT2D eigenvalue weighted by Crippen LogP contribution is -2.36. The van der Waals surface area contributed by atoms with Gasteiger partial charge in [0.2, 0.25) is 11.8 Å². The van der Waals surface area contributed by atoms with Crippen molar-refractivity contribution in [2.24, 2.45) is 5.92 Å². The van der Waals surface area contributed by atoms with E-state index in [1.54, 1.807) is 0 Å². The molecule has 1 aliphatic carbocycles. The minimum Gasteiger partial charge on any atom is -0.471 e. The van der Waals surface area contributed by atoms with Crippen molar-refractivity contribution in [3.05, 3.63) is 30.0 Å². The molecule has 0 N–H and O–H groups in total. The van der Waals surface area contributed by atoms with Crippen LogP contribution in [-0.4, -0.2) is 40.2 Å². The Kier molecular flexibility index (Phi) is 4.18. The van der Waals surface area contributed by atoms with Gasteiger partial charge in [-0.3, -0.25) is 4.79 Å². The van der Waals surface area contributed by atoms with Crippen molar-refractivity contribution < 1.29 is 9.53 Å². The van der Waals surface area contributed by atoms with E-state index in [4.69, 9.17) is 4.74 Å². The number of allylic oxidation sites excluding steroid dienone is 2. The van der Waals surface area contributed by atoms with Gasteiger partial charge >= 0.3 is 0 Å². The van der Waals surface area contributed by atoms with Crippen molar-refractivity contribution in [3.8, 4) is 5.88 Å². The summed E-state index contributed by atoms with van der Waals surface area (Å²) in [6, 6.07) is 3.72. The second-order valence-corrected chi connectivity index (χ2v) is 5.81. The van der Waals surface area contributed by atoms with Gasteiger partial charge in [0.15, 0.2) is 0 Å². The summed E-state index contributed by atoms with van der Waals surface area (Å²) >= 11 is 0. The van der Waals surface area contributed by atoms with Gasteiger partial charge in [-0.15, -0.1) is 5.10 Å². The number of aromatic nitrogens is 2. The number of amides is 1. The average molecular weight is 287 g/mol. The molecular formula is C16H21N3O2. The predicted octanol–water partition coefficient (Wildman–Crippen LogP) is 2.12. The maximum atomic E-state index is 12.5. The summed E-state index contributed by atoms with van der Waals surface area (Å²) in [7, 11) is 0. The highest BCUT2D eigenvalue weighted by Gasteiger charge is 2.31. The van der Waals surface area contributed by atoms with E-state index in [2.05, 4.69) is 22.3 Å². The lowest BCUT2D eigenvalue weighted by molar-refractivity contribution is -0.135. The normalized spacial score (nSPS) is 25.1. The van der Waals surface area contributed by atoms with Crippen LogP contribution in [0.4, 0.5) is 0 Å². The van der Waals surface area contributed by atoms with Crippen LogP contribution in [0.2, 0.25) is 0 Å². The van der Waals surface area contributed by atoms with E-state index in [0.29, 0.717) is 12.4 Å². The summed E-state index contributed by atoms with van der Waals surface area (Å²) in [5, 5.41) is 8.00. The molecule has 3 rings (SSSR count). The van der Waals surface area contributed by atoms with Gasteiger partial charge in [-0.05, 0) is 32.3 Å². The summed E-state index contributed by atoms with van der Waals surface area (Å²) in [4.78, 5) is 14.4. The first-order chi connectivity index (χ1) is 10.2. The van der Waals surface area contributed by atoms with Crippen molar-refractivity contribution in [2.75, 3.05) is 13.1 Å². The standard InChI is InChI=1S/C16H21N3O2/c1-12-7-8-15(18-17-12)21-14-9-10-19(11-14)16(20)13-5-3-2-4-6-13/h2-3,7-8,13-14H,4-6,9-11H2,1H3/t13-,14+/m0/s1. The highest BCUT2D eigenvalue weighted by Crippen LogP contribution is 2.24. The first kappa shape index (κ1) is 14.0. The number of carbonyl (C=O) groups excluding carboxylic acids is 1. The molecule has 2 aliphatic rings. The Balaban J connectivity index is 1.54. The van der Waals surface area contributed by atoms with Gasteiger partial charge in [-0.1, -0.05) is 12.2 Å². The third-order valence-corrected chi connectivity index (χ3v) is 4.14. The minimum absolute atomic E-state index is 0.0325. The van der Waals surface area contributed by atoms with E-state index in [1.165, 1.54) is 0 Å². The molecule has 0 bridgehead atoms. The topological polar surface area (TPSA) is 55.3 Å². The van der Waals surface area contributed by atoms with Gasteiger partial charge in [0.05, 0.1) is 12.2 Å². The number of nitrogens with zero attached hydrogens (tertiary/aromatic N) is 3. The average Bonchev–Trinajstić information content (AvgIpc) is 2.98. The predicted molar refractivity (Wildman–Crippen MR) is 78.9 cm³/mol. The Morgan fingerprint density at radius 3 is 2.90 bits per heavy atom. The molecule has 21 heavy (non-hydrogen) atoms. The van der Waals surface area contributed by atoms with E-state index in [9.17, 15) is 4.79 Å². The fourth-order valence-electron chi connectivity index (χ4n) is 2.92. The van der Waals surface area contributed by atoms with Crippen LogP contribution in [0, 0.1) is 12.8 Å². The highest BCUT2D eigenvalue weighted by molar-refractivity contribution is 5.79. The smallest absolute Gasteiger partial charge is 0.233 e. The third-order valence-electron chi connectivity index (χ3n) is 4.14. The van der Waals surface area contributed by atoms with Crippen LogP contribution in [0.15, 0.2) is 24.3 Å². The zero-order valence-electron chi connectivity index (χ0n) is 12.4. The molecule has 0 radical (unpaired) electrons. The van der Waals surface area contributed by atoms with E-state index in [0.717, 1.165) is 37.9 Å². The zero-order valence-corrected chi connectivity index (χ0v) is 12.4. The summed E-state index contributed by atoms with van der Waals surface area (Å²) in [5.74, 6) is 0.980. The van der Waals surface area contributed by atoms with Crippen LogP contribution in [0.3, 0.4) is 0 Å². The van der Waals surface area contributed by atoms with Crippen LogP contribution in [0.25, 0.3) is 0 Å². The molecule has 1 aliphatic heterocycles. The maximum absolute atomic E-state index is 12.5. The van der Waals surface area contributed by atoms with Crippen LogP contribution in [0.5, 0.6) is 5.88 Å². The molecule has 0 unspecified atom stereocenters. The number of hydrogen-bond acceptors (Lipinski definition) is 4. The second-order valence-electron chi connectivity index (χ2n) is 5.81. The molecule has 0 aromatic carbocycles. The second kappa shape index (κ2) is 6.24. The van der Waals surface area contributed by atoms with E-state index >= 15 is 0 Å². The summed E-state index contributed by atoms with van der Waals surface area (Å²) in [6.45, 7) is 3.34. The molecule has 5 nitrogen and oxygen atoms in total. The Morgan fingerprint density at radius 2 is 2.19 bits per heavy atom. The molecule has 1 aromatic heterocycles. The SMILES string of the molecule is Cc1ccc(O[C@@H]2CCN(C(=O)[C@H]3CC=CCC3)C2)nn1. The van der Waals surface area contributed by atoms with Crippen molar-refractivity contribution >= 4 is 5.91 Å². The molecule has 1 saturated heterocycles. The summed E-state index contributed by atoms with van der Waals surface area (Å²) in [5.41, 5.74) is 0.871. The lowest BCUT2D eigenvalue weighted by atomic mass is 9.93. The number of rotatable bonds is 3. The highest BCUT2D eigenvalue weighted by atomic mass is 16.5. The number of likely N-dealkylation sites (tertiary alicyclic amines) is 1. The summed E-state index contributed by atoms with van der Waals surface area (Å²) in [6.07, 6.45) is 8.05. The molecule has 0 saturated carbocycles. The van der Waals surface area contributed by atoms with Crippen molar-refractivity contribution in [1.29, 1.82) is 0 Å². The van der Waals surface area contributed by atoms with E-state index in [1.807, 2.05) is 24.0 Å². The Morgan fingerprint density at radius 1 is 1.29 bits per heavy atom. The third kappa shape index (κ3) is 3.40. The molecular weight excluding hydrogens is 266 g/mol. The lowest BCUT2D eigenvalue weighted by Gasteiger charge is -2.24. The molecule has 1 fully saturated rings. The number of carbonyl (C=O) groups is 1. The van der Waals surface area contributed by atoms with Gasteiger partial charge in [-0.25, -0.2) is 0 Å². The Labute approximate surface area is 125 Å². The van der Waals surface area contributed by atoms with Crippen molar-refractivity contribution in [1.82, 2.24) is 15.1 Å². The number of hydrogen-bond donors (Lipinski definition) is 0.